The second kappa shape index (κ2) is 6.78. The Kier molecular flexibility index (Phi) is 4.57. The maximum absolute atomic E-state index is 11.8. The van der Waals surface area contributed by atoms with Crippen molar-refractivity contribution in [3.05, 3.63) is 58.3 Å². The number of hydrogen-bond acceptors (Lipinski definition) is 6. The molecule has 0 N–H and O–H groups in total. The molecule has 0 bridgehead atoms. The molecule has 0 unspecified atom stereocenters. The standard InChI is InChI=1S/C16H13BrN2O4/c1-2-10-3-5-11(6-4-10)15-18-14(23-19-15)9-21-16(20)12-7-8-13(17)22-12/h3-8H,2,9H2,1H3. The quantitative estimate of drug-likeness (QED) is 0.625. The molecule has 0 spiro atoms. The minimum Gasteiger partial charge on any atom is -0.450 e. The zero-order valence-corrected chi connectivity index (χ0v) is 13.9. The Morgan fingerprint density at radius 1 is 1.22 bits per heavy atom. The molecular weight excluding hydrogens is 364 g/mol. The Hall–Kier alpha value is -2.41. The zero-order valence-electron chi connectivity index (χ0n) is 12.3. The highest BCUT2D eigenvalue weighted by atomic mass is 79.9. The predicted molar refractivity (Wildman–Crippen MR) is 84.6 cm³/mol. The summed E-state index contributed by atoms with van der Waals surface area (Å²) in [5, 5.41) is 3.89. The molecule has 6 nitrogen and oxygen atoms in total. The van der Waals surface area contributed by atoms with Crippen LogP contribution in [0.5, 0.6) is 0 Å². The molecule has 118 valence electrons. The van der Waals surface area contributed by atoms with E-state index in [2.05, 4.69) is 33.0 Å². The number of esters is 1. The van der Waals surface area contributed by atoms with E-state index in [0.29, 0.717) is 10.5 Å². The lowest BCUT2D eigenvalue weighted by atomic mass is 10.1. The number of hydrogen-bond donors (Lipinski definition) is 0. The van der Waals surface area contributed by atoms with Crippen LogP contribution in [0, 0.1) is 0 Å². The largest absolute Gasteiger partial charge is 0.450 e. The molecule has 3 rings (SSSR count). The van der Waals surface area contributed by atoms with Crippen molar-refractivity contribution in [1.82, 2.24) is 10.1 Å². The van der Waals surface area contributed by atoms with Gasteiger partial charge in [0, 0.05) is 5.56 Å². The van der Waals surface area contributed by atoms with Gasteiger partial charge in [0.1, 0.15) is 0 Å². The molecule has 3 aromatic rings. The van der Waals surface area contributed by atoms with E-state index in [1.165, 1.54) is 11.6 Å². The van der Waals surface area contributed by atoms with E-state index in [1.54, 1.807) is 6.07 Å². The summed E-state index contributed by atoms with van der Waals surface area (Å²) < 4.78 is 15.7. The van der Waals surface area contributed by atoms with Crippen LogP contribution in [0.15, 0.2) is 50.0 Å². The van der Waals surface area contributed by atoms with Crippen LogP contribution in [-0.4, -0.2) is 16.1 Å². The van der Waals surface area contributed by atoms with Gasteiger partial charge in [0.2, 0.25) is 11.6 Å². The number of ether oxygens (including phenoxy) is 1. The Bertz CT molecular complexity index is 808. The number of furan rings is 1. The number of carbonyl (C=O) groups is 1. The molecule has 0 aliphatic carbocycles. The van der Waals surface area contributed by atoms with E-state index in [0.717, 1.165) is 12.0 Å². The van der Waals surface area contributed by atoms with Gasteiger partial charge in [-0.3, -0.25) is 0 Å². The summed E-state index contributed by atoms with van der Waals surface area (Å²) in [7, 11) is 0. The van der Waals surface area contributed by atoms with Crippen molar-refractivity contribution in [3.63, 3.8) is 0 Å². The third-order valence-corrected chi connectivity index (χ3v) is 3.62. The molecule has 0 fully saturated rings. The summed E-state index contributed by atoms with van der Waals surface area (Å²) in [6, 6.07) is 11.0. The van der Waals surface area contributed by atoms with E-state index in [4.69, 9.17) is 13.7 Å². The molecule has 23 heavy (non-hydrogen) atoms. The van der Waals surface area contributed by atoms with Crippen molar-refractivity contribution in [2.45, 2.75) is 20.0 Å². The van der Waals surface area contributed by atoms with Crippen LogP contribution in [0.25, 0.3) is 11.4 Å². The van der Waals surface area contributed by atoms with E-state index >= 15 is 0 Å². The smallest absolute Gasteiger partial charge is 0.374 e. The molecule has 0 amide bonds. The molecule has 0 aliphatic heterocycles. The highest BCUT2D eigenvalue weighted by Gasteiger charge is 2.15. The summed E-state index contributed by atoms with van der Waals surface area (Å²) >= 11 is 3.12. The van der Waals surface area contributed by atoms with E-state index in [1.807, 2.05) is 24.3 Å². The van der Waals surface area contributed by atoms with Gasteiger partial charge < -0.3 is 13.7 Å². The van der Waals surface area contributed by atoms with Gasteiger partial charge >= 0.3 is 5.97 Å². The summed E-state index contributed by atoms with van der Waals surface area (Å²) in [5.41, 5.74) is 2.08. The maximum Gasteiger partial charge on any atom is 0.374 e. The van der Waals surface area contributed by atoms with E-state index < -0.39 is 5.97 Å². The number of benzene rings is 1. The molecule has 7 heteroatoms. The average molecular weight is 377 g/mol. The SMILES string of the molecule is CCc1ccc(-c2noc(COC(=O)c3ccc(Br)o3)n2)cc1. The zero-order chi connectivity index (χ0) is 16.2. The second-order valence-corrected chi connectivity index (χ2v) is 5.52. The summed E-state index contributed by atoms with van der Waals surface area (Å²) in [6.07, 6.45) is 0.969. The predicted octanol–water partition coefficient (Wildman–Crippen LogP) is 4.01. The van der Waals surface area contributed by atoms with Crippen molar-refractivity contribution >= 4 is 21.9 Å². The fourth-order valence-electron chi connectivity index (χ4n) is 1.94. The molecule has 0 radical (unpaired) electrons. The Labute approximate surface area is 140 Å². The van der Waals surface area contributed by atoms with Gasteiger partial charge in [-0.1, -0.05) is 36.3 Å². The number of nitrogens with zero attached hydrogens (tertiary/aromatic N) is 2. The van der Waals surface area contributed by atoms with Crippen LogP contribution in [-0.2, 0) is 17.8 Å². The molecule has 0 aliphatic rings. The summed E-state index contributed by atoms with van der Waals surface area (Å²) in [6.45, 7) is 1.98. The molecule has 1 aromatic carbocycles. The highest BCUT2D eigenvalue weighted by molar-refractivity contribution is 9.10. The first-order valence-electron chi connectivity index (χ1n) is 7.00. The summed E-state index contributed by atoms with van der Waals surface area (Å²) in [5.74, 6) is 0.188. The number of aryl methyl sites for hydroxylation is 1. The summed E-state index contributed by atoms with van der Waals surface area (Å²) in [4.78, 5) is 16.0. The minimum absolute atomic E-state index is 0.103. The Morgan fingerprint density at radius 3 is 2.65 bits per heavy atom. The lowest BCUT2D eigenvalue weighted by Gasteiger charge is -1.98. The first kappa shape index (κ1) is 15.5. The van der Waals surface area contributed by atoms with Crippen molar-refractivity contribution in [2.75, 3.05) is 0 Å². The highest BCUT2D eigenvalue weighted by Crippen LogP contribution is 2.18. The Balaban J connectivity index is 1.63. The van der Waals surface area contributed by atoms with Crippen LogP contribution in [0.2, 0.25) is 0 Å². The molecule has 0 saturated heterocycles. The van der Waals surface area contributed by atoms with Gasteiger partial charge in [-0.05, 0) is 40.0 Å². The second-order valence-electron chi connectivity index (χ2n) is 4.74. The minimum atomic E-state index is -0.595. The molecule has 2 heterocycles. The van der Waals surface area contributed by atoms with Crippen LogP contribution in [0.1, 0.15) is 28.9 Å². The fourth-order valence-corrected chi connectivity index (χ4v) is 2.25. The topological polar surface area (TPSA) is 78.4 Å². The van der Waals surface area contributed by atoms with Gasteiger partial charge in [-0.2, -0.15) is 4.98 Å². The Morgan fingerprint density at radius 2 is 2.00 bits per heavy atom. The van der Waals surface area contributed by atoms with Crippen molar-refractivity contribution < 1.29 is 18.5 Å². The lowest BCUT2D eigenvalue weighted by Crippen LogP contribution is -2.04. The normalized spacial score (nSPS) is 10.7. The third-order valence-electron chi connectivity index (χ3n) is 3.19. The first-order valence-corrected chi connectivity index (χ1v) is 7.79. The van der Waals surface area contributed by atoms with Crippen LogP contribution >= 0.6 is 15.9 Å². The lowest BCUT2D eigenvalue weighted by molar-refractivity contribution is 0.0392. The number of carbonyl (C=O) groups excluding carboxylic acids is 1. The third kappa shape index (κ3) is 3.68. The van der Waals surface area contributed by atoms with Gasteiger partial charge in [0.05, 0.1) is 0 Å². The van der Waals surface area contributed by atoms with Crippen LogP contribution < -0.4 is 0 Å². The molecule has 2 aromatic heterocycles. The maximum atomic E-state index is 11.8. The molecule has 0 atom stereocenters. The van der Waals surface area contributed by atoms with Crippen LogP contribution in [0.3, 0.4) is 0 Å². The molecule has 0 saturated carbocycles. The van der Waals surface area contributed by atoms with Crippen molar-refractivity contribution in [3.8, 4) is 11.4 Å². The van der Waals surface area contributed by atoms with E-state index in [-0.39, 0.29) is 18.3 Å². The van der Waals surface area contributed by atoms with E-state index in [9.17, 15) is 4.79 Å². The average Bonchev–Trinajstić information content (AvgIpc) is 3.22. The number of rotatable bonds is 5. The number of halogens is 1. The van der Waals surface area contributed by atoms with Gasteiger partial charge in [0.25, 0.3) is 5.89 Å². The van der Waals surface area contributed by atoms with Crippen molar-refractivity contribution in [1.29, 1.82) is 0 Å². The van der Waals surface area contributed by atoms with Crippen molar-refractivity contribution in [2.24, 2.45) is 0 Å². The van der Waals surface area contributed by atoms with Gasteiger partial charge in [0.15, 0.2) is 11.3 Å². The van der Waals surface area contributed by atoms with Gasteiger partial charge in [-0.15, -0.1) is 0 Å². The first-order chi connectivity index (χ1) is 11.2. The monoisotopic (exact) mass is 376 g/mol. The number of aromatic nitrogens is 2. The molecular formula is C16H13BrN2O4. The fraction of sp³-hybridized carbons (Fsp3) is 0.188. The van der Waals surface area contributed by atoms with Gasteiger partial charge in [-0.25, -0.2) is 4.79 Å². The van der Waals surface area contributed by atoms with Crippen LogP contribution in [0.4, 0.5) is 0 Å².